The van der Waals surface area contributed by atoms with Gasteiger partial charge in [-0.15, -0.1) is 11.6 Å². The van der Waals surface area contributed by atoms with Crippen LogP contribution in [0, 0.1) is 0 Å². The van der Waals surface area contributed by atoms with Gasteiger partial charge in [0.25, 0.3) is 0 Å². The summed E-state index contributed by atoms with van der Waals surface area (Å²) in [5.41, 5.74) is 5.28. The molecule has 0 fully saturated rings. The molecule has 0 aromatic heterocycles. The average molecular weight is 306 g/mol. The van der Waals surface area contributed by atoms with E-state index in [1.165, 1.54) is 22.5 Å². The Morgan fingerprint density at radius 2 is 1.70 bits per heavy atom. The van der Waals surface area contributed by atoms with E-state index in [1.807, 2.05) is 6.07 Å². The van der Waals surface area contributed by atoms with Gasteiger partial charge in [0.05, 0.1) is 0 Å². The predicted molar refractivity (Wildman–Crippen MR) is 87.6 cm³/mol. The molecular formula is C17H17Cl2N. The quantitative estimate of drug-likeness (QED) is 0.704. The van der Waals surface area contributed by atoms with E-state index in [-0.39, 0.29) is 0 Å². The number of rotatable bonds is 3. The summed E-state index contributed by atoms with van der Waals surface area (Å²) in [5, 5.41) is 0.791. The maximum Gasteiger partial charge on any atom is 0.0458 e. The van der Waals surface area contributed by atoms with Gasteiger partial charge < -0.3 is 4.90 Å². The topological polar surface area (TPSA) is 3.24 Å². The Bertz CT molecular complexity index is 610. The lowest BCUT2D eigenvalue weighted by molar-refractivity contribution is 0.888. The molecule has 2 aromatic rings. The van der Waals surface area contributed by atoms with Crippen LogP contribution < -0.4 is 4.90 Å². The van der Waals surface area contributed by atoms with Crippen LogP contribution in [0.15, 0.2) is 42.5 Å². The van der Waals surface area contributed by atoms with Crippen molar-refractivity contribution in [3.8, 4) is 0 Å². The minimum atomic E-state index is 0.675. The van der Waals surface area contributed by atoms with Crippen molar-refractivity contribution in [3.63, 3.8) is 0 Å². The lowest BCUT2D eigenvalue weighted by atomic mass is 10.0. The maximum absolute atomic E-state index is 6.20. The molecule has 0 amide bonds. The summed E-state index contributed by atoms with van der Waals surface area (Å²) in [6.07, 6.45) is 3.09. The third-order valence-corrected chi connectivity index (χ3v) is 4.30. The van der Waals surface area contributed by atoms with Gasteiger partial charge in [-0.1, -0.05) is 35.9 Å². The van der Waals surface area contributed by atoms with Crippen molar-refractivity contribution in [2.75, 3.05) is 17.3 Å². The fraction of sp³-hybridized carbons (Fsp3) is 0.294. The third-order valence-electron chi connectivity index (χ3n) is 3.80. The van der Waals surface area contributed by atoms with Crippen molar-refractivity contribution >= 4 is 34.6 Å². The molecule has 1 aliphatic heterocycles. The number of nitrogens with zero attached hydrogens (tertiary/aromatic N) is 1. The number of anilines is 2. The molecule has 3 heteroatoms. The first kappa shape index (κ1) is 13.8. The molecule has 0 aliphatic carbocycles. The monoisotopic (exact) mass is 305 g/mol. The Hall–Kier alpha value is -1.18. The van der Waals surface area contributed by atoms with Crippen molar-refractivity contribution in [3.05, 3.63) is 58.6 Å². The standard InChI is InChI=1S/C17H17Cl2N/c18-10-3-11-20-16-5-2-1-4-13(16)6-7-14-8-9-15(19)12-17(14)20/h1-2,4-5,8-9,12H,3,6-7,10-11H2. The molecule has 0 radical (unpaired) electrons. The number of benzene rings is 2. The molecule has 0 atom stereocenters. The average Bonchev–Trinajstić information content (AvgIpc) is 2.62. The molecule has 1 aliphatic rings. The van der Waals surface area contributed by atoms with Crippen LogP contribution in [0.25, 0.3) is 0 Å². The van der Waals surface area contributed by atoms with Crippen molar-refractivity contribution in [2.45, 2.75) is 19.3 Å². The minimum Gasteiger partial charge on any atom is -0.341 e. The van der Waals surface area contributed by atoms with Crippen molar-refractivity contribution in [1.29, 1.82) is 0 Å². The smallest absolute Gasteiger partial charge is 0.0458 e. The van der Waals surface area contributed by atoms with Crippen LogP contribution in [0.1, 0.15) is 17.5 Å². The number of para-hydroxylation sites is 1. The normalized spacial score (nSPS) is 13.6. The van der Waals surface area contributed by atoms with E-state index in [1.54, 1.807) is 0 Å². The van der Waals surface area contributed by atoms with E-state index >= 15 is 0 Å². The van der Waals surface area contributed by atoms with Crippen molar-refractivity contribution in [2.24, 2.45) is 0 Å². The highest BCUT2D eigenvalue weighted by Crippen LogP contribution is 2.37. The van der Waals surface area contributed by atoms with Crippen LogP contribution in [0.2, 0.25) is 5.02 Å². The van der Waals surface area contributed by atoms with E-state index in [4.69, 9.17) is 23.2 Å². The Balaban J connectivity index is 2.10. The zero-order valence-electron chi connectivity index (χ0n) is 11.3. The SMILES string of the molecule is ClCCCN1c2ccccc2CCc2ccc(Cl)cc21. The van der Waals surface area contributed by atoms with Crippen LogP contribution in [0.5, 0.6) is 0 Å². The molecule has 0 bridgehead atoms. The lowest BCUT2D eigenvalue weighted by Gasteiger charge is -2.27. The highest BCUT2D eigenvalue weighted by molar-refractivity contribution is 6.30. The highest BCUT2D eigenvalue weighted by Gasteiger charge is 2.20. The molecule has 1 heterocycles. The van der Waals surface area contributed by atoms with Crippen LogP contribution >= 0.6 is 23.2 Å². The molecular weight excluding hydrogens is 289 g/mol. The Morgan fingerprint density at radius 1 is 0.950 bits per heavy atom. The summed E-state index contributed by atoms with van der Waals surface area (Å²) in [5.74, 6) is 0.675. The van der Waals surface area contributed by atoms with Gasteiger partial charge in [-0.2, -0.15) is 0 Å². The minimum absolute atomic E-state index is 0.675. The summed E-state index contributed by atoms with van der Waals surface area (Å²) in [7, 11) is 0. The molecule has 0 unspecified atom stereocenters. The Kier molecular flexibility index (Phi) is 4.18. The van der Waals surface area contributed by atoms with E-state index in [2.05, 4.69) is 41.3 Å². The van der Waals surface area contributed by atoms with E-state index in [0.717, 1.165) is 30.8 Å². The lowest BCUT2D eigenvalue weighted by Crippen LogP contribution is -2.20. The first-order valence-corrected chi connectivity index (χ1v) is 7.90. The molecule has 0 spiro atoms. The van der Waals surface area contributed by atoms with Gasteiger partial charge in [-0.25, -0.2) is 0 Å². The number of halogens is 2. The molecule has 20 heavy (non-hydrogen) atoms. The van der Waals surface area contributed by atoms with Crippen LogP contribution in [-0.2, 0) is 12.8 Å². The fourth-order valence-corrected chi connectivity index (χ4v) is 3.13. The number of hydrogen-bond acceptors (Lipinski definition) is 1. The zero-order valence-corrected chi connectivity index (χ0v) is 12.8. The summed E-state index contributed by atoms with van der Waals surface area (Å²) < 4.78 is 0. The first-order valence-electron chi connectivity index (χ1n) is 6.99. The van der Waals surface area contributed by atoms with Gasteiger partial charge in [0.1, 0.15) is 0 Å². The zero-order chi connectivity index (χ0) is 13.9. The molecule has 3 rings (SSSR count). The molecule has 2 aromatic carbocycles. The van der Waals surface area contributed by atoms with E-state index < -0.39 is 0 Å². The van der Waals surface area contributed by atoms with Gasteiger partial charge in [0, 0.05) is 28.8 Å². The highest BCUT2D eigenvalue weighted by atomic mass is 35.5. The second kappa shape index (κ2) is 6.07. The second-order valence-corrected chi connectivity index (χ2v) is 5.91. The molecule has 0 saturated carbocycles. The van der Waals surface area contributed by atoms with Gasteiger partial charge in [-0.05, 0) is 48.6 Å². The third kappa shape index (κ3) is 2.65. The Labute approximate surface area is 130 Å². The number of alkyl halides is 1. The van der Waals surface area contributed by atoms with Crippen LogP contribution in [-0.4, -0.2) is 12.4 Å². The summed E-state index contributed by atoms with van der Waals surface area (Å²) in [6, 6.07) is 14.8. The predicted octanol–water partition coefficient (Wildman–Crippen LogP) is 5.21. The van der Waals surface area contributed by atoms with Crippen molar-refractivity contribution in [1.82, 2.24) is 0 Å². The second-order valence-electron chi connectivity index (χ2n) is 5.10. The van der Waals surface area contributed by atoms with Crippen LogP contribution in [0.4, 0.5) is 11.4 Å². The summed E-state index contributed by atoms with van der Waals surface area (Å²) >= 11 is 12.1. The molecule has 1 nitrogen and oxygen atoms in total. The van der Waals surface area contributed by atoms with Crippen LogP contribution in [0.3, 0.4) is 0 Å². The van der Waals surface area contributed by atoms with Gasteiger partial charge in [-0.3, -0.25) is 0 Å². The number of fused-ring (bicyclic) bond motifs is 2. The van der Waals surface area contributed by atoms with Crippen molar-refractivity contribution < 1.29 is 0 Å². The van der Waals surface area contributed by atoms with Gasteiger partial charge in [0.15, 0.2) is 0 Å². The summed E-state index contributed by atoms with van der Waals surface area (Å²) in [4.78, 5) is 2.37. The number of hydrogen-bond donors (Lipinski definition) is 0. The number of aryl methyl sites for hydroxylation is 2. The van der Waals surface area contributed by atoms with E-state index in [0.29, 0.717) is 5.88 Å². The van der Waals surface area contributed by atoms with Gasteiger partial charge in [0.2, 0.25) is 0 Å². The molecule has 0 N–H and O–H groups in total. The maximum atomic E-state index is 6.20. The largest absolute Gasteiger partial charge is 0.341 e. The van der Waals surface area contributed by atoms with E-state index in [9.17, 15) is 0 Å². The molecule has 104 valence electrons. The summed E-state index contributed by atoms with van der Waals surface area (Å²) in [6.45, 7) is 0.924. The molecule has 0 saturated heterocycles. The Morgan fingerprint density at radius 3 is 2.50 bits per heavy atom. The first-order chi connectivity index (χ1) is 9.79. The van der Waals surface area contributed by atoms with Gasteiger partial charge >= 0.3 is 0 Å². The fourth-order valence-electron chi connectivity index (χ4n) is 2.84.